The van der Waals surface area contributed by atoms with E-state index in [0.29, 0.717) is 11.3 Å². The molecule has 0 radical (unpaired) electrons. The second-order valence-electron chi connectivity index (χ2n) is 5.01. The monoisotopic (exact) mass is 347 g/mol. The van der Waals surface area contributed by atoms with Crippen LogP contribution in [0.3, 0.4) is 0 Å². The van der Waals surface area contributed by atoms with Gasteiger partial charge in [0.15, 0.2) is 6.61 Å². The van der Waals surface area contributed by atoms with Crippen molar-refractivity contribution in [2.24, 2.45) is 0 Å². The Labute approximate surface area is 144 Å². The van der Waals surface area contributed by atoms with Crippen molar-refractivity contribution in [1.82, 2.24) is 5.32 Å². The summed E-state index contributed by atoms with van der Waals surface area (Å²) in [5, 5.41) is 2.49. The molecule has 0 unspecified atom stereocenters. The number of rotatable bonds is 7. The smallest absolute Gasteiger partial charge is 0.342 e. The van der Waals surface area contributed by atoms with E-state index in [-0.39, 0.29) is 17.9 Å². The molecule has 7 heteroatoms. The Kier molecular flexibility index (Phi) is 6.33. The Hall–Kier alpha value is -3.09. The van der Waals surface area contributed by atoms with E-state index in [9.17, 15) is 14.0 Å². The second-order valence-corrected chi connectivity index (χ2v) is 5.01. The minimum Gasteiger partial charge on any atom is -0.497 e. The lowest BCUT2D eigenvalue weighted by Gasteiger charge is -2.10. The highest BCUT2D eigenvalue weighted by Crippen LogP contribution is 2.25. The first-order valence-electron chi connectivity index (χ1n) is 7.44. The third-order valence-electron chi connectivity index (χ3n) is 3.40. The van der Waals surface area contributed by atoms with Gasteiger partial charge in [-0.05, 0) is 18.2 Å². The van der Waals surface area contributed by atoms with Gasteiger partial charge in [0.05, 0.1) is 14.2 Å². The first-order chi connectivity index (χ1) is 12.0. The van der Waals surface area contributed by atoms with Gasteiger partial charge in [0.2, 0.25) is 0 Å². The highest BCUT2D eigenvalue weighted by atomic mass is 19.1. The average Bonchev–Trinajstić information content (AvgIpc) is 2.64. The summed E-state index contributed by atoms with van der Waals surface area (Å²) < 4.78 is 28.6. The SMILES string of the molecule is COc1ccc(C(=O)OCC(=O)NCc2ccccc2F)c(OC)c1. The molecular weight excluding hydrogens is 329 g/mol. The predicted molar refractivity (Wildman–Crippen MR) is 88.1 cm³/mol. The van der Waals surface area contributed by atoms with E-state index in [1.807, 2.05) is 0 Å². The zero-order valence-electron chi connectivity index (χ0n) is 13.9. The number of amides is 1. The van der Waals surface area contributed by atoms with Crippen molar-refractivity contribution in [2.75, 3.05) is 20.8 Å². The maximum Gasteiger partial charge on any atom is 0.342 e. The van der Waals surface area contributed by atoms with E-state index in [1.165, 1.54) is 32.4 Å². The summed E-state index contributed by atoms with van der Waals surface area (Å²) in [5.41, 5.74) is 0.518. The zero-order valence-corrected chi connectivity index (χ0v) is 13.9. The summed E-state index contributed by atoms with van der Waals surface area (Å²) >= 11 is 0. The highest BCUT2D eigenvalue weighted by molar-refractivity contribution is 5.94. The molecule has 0 bridgehead atoms. The van der Waals surface area contributed by atoms with Gasteiger partial charge in [-0.2, -0.15) is 0 Å². The molecule has 0 atom stereocenters. The van der Waals surface area contributed by atoms with Crippen molar-refractivity contribution < 1.29 is 28.2 Å². The third-order valence-corrected chi connectivity index (χ3v) is 3.40. The lowest BCUT2D eigenvalue weighted by Crippen LogP contribution is -2.28. The number of benzene rings is 2. The Morgan fingerprint density at radius 3 is 2.52 bits per heavy atom. The molecule has 6 nitrogen and oxygen atoms in total. The van der Waals surface area contributed by atoms with Crippen LogP contribution >= 0.6 is 0 Å². The molecule has 2 aromatic rings. The molecule has 0 spiro atoms. The number of methoxy groups -OCH3 is 2. The van der Waals surface area contributed by atoms with E-state index < -0.39 is 24.3 Å². The highest BCUT2D eigenvalue weighted by Gasteiger charge is 2.16. The summed E-state index contributed by atoms with van der Waals surface area (Å²) in [7, 11) is 2.90. The maximum absolute atomic E-state index is 13.5. The quantitative estimate of drug-likeness (QED) is 0.778. The van der Waals surface area contributed by atoms with Gasteiger partial charge >= 0.3 is 5.97 Å². The molecule has 1 amide bonds. The Balaban J connectivity index is 1.89. The van der Waals surface area contributed by atoms with E-state index in [1.54, 1.807) is 24.3 Å². The molecule has 0 aliphatic heterocycles. The molecule has 0 aliphatic carbocycles. The van der Waals surface area contributed by atoms with Crippen molar-refractivity contribution in [3.63, 3.8) is 0 Å². The molecule has 0 aliphatic rings. The topological polar surface area (TPSA) is 73.9 Å². The first-order valence-corrected chi connectivity index (χ1v) is 7.44. The van der Waals surface area contributed by atoms with Gasteiger partial charge in [-0.3, -0.25) is 4.79 Å². The van der Waals surface area contributed by atoms with Gasteiger partial charge in [0, 0.05) is 18.2 Å². The van der Waals surface area contributed by atoms with Crippen LogP contribution in [-0.2, 0) is 16.1 Å². The van der Waals surface area contributed by atoms with Crippen molar-refractivity contribution in [2.45, 2.75) is 6.54 Å². The number of carbonyl (C=O) groups is 2. The molecule has 1 N–H and O–H groups in total. The standard InChI is InChI=1S/C18H18FNO5/c1-23-13-7-8-14(16(9-13)24-2)18(22)25-11-17(21)20-10-12-5-3-4-6-15(12)19/h3-9H,10-11H2,1-2H3,(H,20,21). The molecule has 2 rings (SSSR count). The number of hydrogen-bond acceptors (Lipinski definition) is 5. The lowest BCUT2D eigenvalue weighted by molar-refractivity contribution is -0.124. The second kappa shape index (κ2) is 8.68. The third kappa shape index (κ3) is 4.94. The molecule has 0 fully saturated rings. The number of esters is 1. The summed E-state index contributed by atoms with van der Waals surface area (Å²) in [6.45, 7) is -0.475. The van der Waals surface area contributed by atoms with Crippen molar-refractivity contribution in [3.05, 3.63) is 59.4 Å². The molecule has 0 aromatic heterocycles. The van der Waals surface area contributed by atoms with E-state index in [2.05, 4.69) is 5.32 Å². The summed E-state index contributed by atoms with van der Waals surface area (Å²) in [4.78, 5) is 23.8. The number of halogens is 1. The number of hydrogen-bond donors (Lipinski definition) is 1. The van der Waals surface area contributed by atoms with E-state index in [0.717, 1.165) is 0 Å². The minimum atomic E-state index is -0.708. The van der Waals surface area contributed by atoms with Gasteiger partial charge in [-0.15, -0.1) is 0 Å². The summed E-state index contributed by atoms with van der Waals surface area (Å²) in [6.07, 6.45) is 0. The normalized spacial score (nSPS) is 10.0. The Bertz CT molecular complexity index is 763. The maximum atomic E-state index is 13.5. The van der Waals surface area contributed by atoms with Gasteiger partial charge in [-0.25, -0.2) is 9.18 Å². The van der Waals surface area contributed by atoms with Crippen LogP contribution in [0.2, 0.25) is 0 Å². The lowest BCUT2D eigenvalue weighted by atomic mass is 10.2. The fourth-order valence-electron chi connectivity index (χ4n) is 2.06. The van der Waals surface area contributed by atoms with Crippen LogP contribution < -0.4 is 14.8 Å². The van der Waals surface area contributed by atoms with Crippen molar-refractivity contribution in [3.8, 4) is 11.5 Å². The largest absolute Gasteiger partial charge is 0.497 e. The number of carbonyl (C=O) groups excluding carboxylic acids is 2. The molecule has 0 heterocycles. The van der Waals surface area contributed by atoms with Crippen LogP contribution in [0.15, 0.2) is 42.5 Å². The predicted octanol–water partition coefficient (Wildman–Crippen LogP) is 2.32. The summed E-state index contributed by atoms with van der Waals surface area (Å²) in [5.74, 6) is -0.862. The van der Waals surface area contributed by atoms with Crippen LogP contribution in [0.25, 0.3) is 0 Å². The fourth-order valence-corrected chi connectivity index (χ4v) is 2.06. The van der Waals surface area contributed by atoms with Crippen LogP contribution in [0, 0.1) is 5.82 Å². The molecule has 25 heavy (non-hydrogen) atoms. The fraction of sp³-hybridized carbons (Fsp3) is 0.222. The molecule has 0 saturated carbocycles. The minimum absolute atomic E-state index is 0.00884. The Morgan fingerprint density at radius 1 is 1.08 bits per heavy atom. The van der Waals surface area contributed by atoms with Crippen LogP contribution in [-0.4, -0.2) is 32.7 Å². The molecule has 132 valence electrons. The molecule has 0 saturated heterocycles. The van der Waals surface area contributed by atoms with Gasteiger partial charge < -0.3 is 19.5 Å². The van der Waals surface area contributed by atoms with Gasteiger partial charge in [-0.1, -0.05) is 18.2 Å². The van der Waals surface area contributed by atoms with Crippen LogP contribution in [0.5, 0.6) is 11.5 Å². The molecular formula is C18H18FNO5. The van der Waals surface area contributed by atoms with Crippen molar-refractivity contribution >= 4 is 11.9 Å². The van der Waals surface area contributed by atoms with Crippen LogP contribution in [0.1, 0.15) is 15.9 Å². The van der Waals surface area contributed by atoms with E-state index in [4.69, 9.17) is 14.2 Å². The Morgan fingerprint density at radius 2 is 1.84 bits per heavy atom. The van der Waals surface area contributed by atoms with Crippen LogP contribution in [0.4, 0.5) is 4.39 Å². The molecule has 2 aromatic carbocycles. The first kappa shape index (κ1) is 18.3. The average molecular weight is 347 g/mol. The number of ether oxygens (including phenoxy) is 3. The summed E-state index contributed by atoms with van der Waals surface area (Å²) in [6, 6.07) is 10.7. The van der Waals surface area contributed by atoms with Gasteiger partial charge in [0.25, 0.3) is 5.91 Å². The van der Waals surface area contributed by atoms with Gasteiger partial charge in [0.1, 0.15) is 22.9 Å². The number of nitrogens with one attached hydrogen (secondary N) is 1. The zero-order chi connectivity index (χ0) is 18.2. The van der Waals surface area contributed by atoms with E-state index >= 15 is 0 Å². The van der Waals surface area contributed by atoms with Crippen molar-refractivity contribution in [1.29, 1.82) is 0 Å².